The monoisotopic (exact) mass is 263 g/mol. The third-order valence-electron chi connectivity index (χ3n) is 3.92. The standard InChI is InChI=1S/C14H20BO4/c1-12(16-8-13-6-4-3-5-7-13)15-17-9-14(2,10-18-15)11-19-15/h3-7,12H,8-11H2,1-2H3/q-1/t12-,14?,15?/m0/s1. The normalized spacial score (nSPS) is 35.3. The van der Waals surface area contributed by atoms with Gasteiger partial charge in [-0.25, -0.2) is 0 Å². The van der Waals surface area contributed by atoms with Crippen LogP contribution in [0.5, 0.6) is 0 Å². The average molecular weight is 263 g/mol. The largest absolute Gasteiger partial charge is 0.542 e. The second kappa shape index (κ2) is 4.91. The molecule has 4 rings (SSSR count). The Bertz CT molecular complexity index is 412. The third kappa shape index (κ3) is 2.56. The van der Waals surface area contributed by atoms with Gasteiger partial charge in [0, 0.05) is 31.2 Å². The van der Waals surface area contributed by atoms with Crippen molar-refractivity contribution in [1.82, 2.24) is 0 Å². The summed E-state index contributed by atoms with van der Waals surface area (Å²) in [6.07, 6.45) is 0. The fourth-order valence-electron chi connectivity index (χ4n) is 2.55. The molecule has 0 unspecified atom stereocenters. The quantitative estimate of drug-likeness (QED) is 0.780. The highest BCUT2D eigenvalue weighted by atomic mass is 16.8. The number of ether oxygens (including phenoxy) is 1. The molecule has 3 aliphatic heterocycles. The van der Waals surface area contributed by atoms with Crippen molar-refractivity contribution in [2.45, 2.75) is 26.5 Å². The third-order valence-corrected chi connectivity index (χ3v) is 3.92. The molecule has 0 spiro atoms. The maximum Gasteiger partial charge on any atom is 0.407 e. The van der Waals surface area contributed by atoms with Gasteiger partial charge >= 0.3 is 6.75 Å². The van der Waals surface area contributed by atoms with Crippen LogP contribution in [0.1, 0.15) is 19.4 Å². The molecule has 0 N–H and O–H groups in total. The van der Waals surface area contributed by atoms with Crippen LogP contribution < -0.4 is 0 Å². The van der Waals surface area contributed by atoms with Gasteiger partial charge in [0.15, 0.2) is 0 Å². The van der Waals surface area contributed by atoms with Gasteiger partial charge in [-0.3, -0.25) is 0 Å². The van der Waals surface area contributed by atoms with Crippen LogP contribution in [0.2, 0.25) is 0 Å². The van der Waals surface area contributed by atoms with Gasteiger partial charge in [-0.1, -0.05) is 44.2 Å². The van der Waals surface area contributed by atoms with Crippen molar-refractivity contribution in [1.29, 1.82) is 0 Å². The molecule has 0 aromatic heterocycles. The summed E-state index contributed by atoms with van der Waals surface area (Å²) in [4.78, 5) is 0. The Labute approximate surface area is 114 Å². The Morgan fingerprint density at radius 3 is 2.32 bits per heavy atom. The van der Waals surface area contributed by atoms with Gasteiger partial charge in [-0.15, -0.1) is 0 Å². The molecule has 2 bridgehead atoms. The van der Waals surface area contributed by atoms with Crippen LogP contribution in [0.4, 0.5) is 0 Å². The molecular weight excluding hydrogens is 243 g/mol. The van der Waals surface area contributed by atoms with E-state index in [9.17, 15) is 0 Å². The van der Waals surface area contributed by atoms with E-state index in [1.54, 1.807) is 0 Å². The summed E-state index contributed by atoms with van der Waals surface area (Å²) in [7, 11) is 0. The van der Waals surface area contributed by atoms with Crippen LogP contribution in [0.3, 0.4) is 0 Å². The molecule has 1 aromatic carbocycles. The van der Waals surface area contributed by atoms with Gasteiger partial charge in [0.05, 0.1) is 6.61 Å². The molecule has 4 nitrogen and oxygen atoms in total. The number of hydrogen-bond acceptors (Lipinski definition) is 4. The summed E-state index contributed by atoms with van der Waals surface area (Å²) in [6.45, 7) is 4.93. The lowest BCUT2D eigenvalue weighted by atomic mass is 9.66. The van der Waals surface area contributed by atoms with Crippen LogP contribution in [-0.2, 0) is 25.3 Å². The van der Waals surface area contributed by atoms with Gasteiger partial charge in [0.25, 0.3) is 0 Å². The van der Waals surface area contributed by atoms with E-state index in [4.69, 9.17) is 18.7 Å². The molecule has 1 atom stereocenters. The predicted molar refractivity (Wildman–Crippen MR) is 72.4 cm³/mol. The Morgan fingerprint density at radius 2 is 1.74 bits per heavy atom. The van der Waals surface area contributed by atoms with Crippen molar-refractivity contribution < 1.29 is 18.7 Å². The van der Waals surface area contributed by atoms with E-state index in [2.05, 4.69) is 6.92 Å². The van der Waals surface area contributed by atoms with Crippen molar-refractivity contribution in [2.24, 2.45) is 5.41 Å². The van der Waals surface area contributed by atoms with Crippen molar-refractivity contribution in [3.05, 3.63) is 35.9 Å². The molecule has 0 radical (unpaired) electrons. The Kier molecular flexibility index (Phi) is 3.39. The molecule has 104 valence electrons. The van der Waals surface area contributed by atoms with E-state index < -0.39 is 6.75 Å². The number of benzene rings is 1. The summed E-state index contributed by atoms with van der Waals surface area (Å²) in [6, 6.07) is 9.88. The topological polar surface area (TPSA) is 36.9 Å². The Balaban J connectivity index is 1.60. The smallest absolute Gasteiger partial charge is 0.407 e. The van der Waals surface area contributed by atoms with Crippen LogP contribution >= 0.6 is 0 Å². The molecule has 0 saturated carbocycles. The average Bonchev–Trinajstić information content (AvgIpc) is 2.47. The predicted octanol–water partition coefficient (Wildman–Crippen LogP) is 2.15. The SMILES string of the molecule is C[C@H](OCc1ccccc1)[B-]12OCC(C)(CO1)CO2. The summed E-state index contributed by atoms with van der Waals surface area (Å²) in [5, 5.41) is 0. The van der Waals surface area contributed by atoms with E-state index in [1.807, 2.05) is 37.3 Å². The van der Waals surface area contributed by atoms with Crippen molar-refractivity contribution in [3.8, 4) is 0 Å². The van der Waals surface area contributed by atoms with E-state index in [0.29, 0.717) is 26.4 Å². The zero-order valence-electron chi connectivity index (χ0n) is 11.5. The van der Waals surface area contributed by atoms with Crippen LogP contribution in [0, 0.1) is 5.41 Å². The fourth-order valence-corrected chi connectivity index (χ4v) is 2.55. The summed E-state index contributed by atoms with van der Waals surface area (Å²) in [5.74, 6) is 0. The van der Waals surface area contributed by atoms with E-state index in [-0.39, 0.29) is 11.4 Å². The molecule has 5 heteroatoms. The highest BCUT2D eigenvalue weighted by Gasteiger charge is 2.49. The van der Waals surface area contributed by atoms with Crippen molar-refractivity contribution >= 4 is 6.75 Å². The number of rotatable bonds is 4. The molecule has 1 aromatic rings. The highest BCUT2D eigenvalue weighted by molar-refractivity contribution is 6.62. The highest BCUT2D eigenvalue weighted by Crippen LogP contribution is 2.37. The Hall–Kier alpha value is -0.875. The first-order valence-electron chi connectivity index (χ1n) is 6.83. The van der Waals surface area contributed by atoms with Crippen LogP contribution in [-0.4, -0.2) is 32.6 Å². The number of fused-ring (bicyclic) bond motifs is 3. The van der Waals surface area contributed by atoms with Gasteiger partial charge in [-0.2, -0.15) is 0 Å². The summed E-state index contributed by atoms with van der Waals surface area (Å²) >= 11 is 0. The lowest BCUT2D eigenvalue weighted by molar-refractivity contribution is -0.149. The Morgan fingerprint density at radius 1 is 1.16 bits per heavy atom. The second-order valence-corrected chi connectivity index (χ2v) is 5.94. The first-order valence-corrected chi connectivity index (χ1v) is 6.83. The van der Waals surface area contributed by atoms with Gasteiger partial charge in [0.2, 0.25) is 0 Å². The van der Waals surface area contributed by atoms with E-state index >= 15 is 0 Å². The molecule has 3 saturated heterocycles. The molecule has 0 aliphatic carbocycles. The molecular formula is C14H20BO4-. The molecule has 3 fully saturated rings. The molecule has 3 heterocycles. The number of hydrogen-bond donors (Lipinski definition) is 0. The lowest BCUT2D eigenvalue weighted by Crippen LogP contribution is -2.68. The fraction of sp³-hybridized carbons (Fsp3) is 0.571. The van der Waals surface area contributed by atoms with Gasteiger partial charge < -0.3 is 18.7 Å². The minimum atomic E-state index is -1.74. The first-order chi connectivity index (χ1) is 9.12. The maximum atomic E-state index is 5.87. The van der Waals surface area contributed by atoms with E-state index in [0.717, 1.165) is 5.56 Å². The molecule has 19 heavy (non-hydrogen) atoms. The minimum absolute atomic E-state index is 0.00263. The minimum Gasteiger partial charge on any atom is -0.542 e. The van der Waals surface area contributed by atoms with Gasteiger partial charge in [0.1, 0.15) is 0 Å². The van der Waals surface area contributed by atoms with Crippen molar-refractivity contribution in [3.63, 3.8) is 0 Å². The maximum absolute atomic E-state index is 5.87. The van der Waals surface area contributed by atoms with Crippen LogP contribution in [0.25, 0.3) is 0 Å². The second-order valence-electron chi connectivity index (χ2n) is 5.94. The van der Waals surface area contributed by atoms with Gasteiger partial charge in [-0.05, 0) is 5.56 Å². The molecule has 3 aliphatic rings. The van der Waals surface area contributed by atoms with E-state index in [1.165, 1.54) is 0 Å². The zero-order valence-corrected chi connectivity index (χ0v) is 11.5. The summed E-state index contributed by atoms with van der Waals surface area (Å²) < 4.78 is 23.3. The lowest BCUT2D eigenvalue weighted by Gasteiger charge is -2.59. The molecule has 0 amide bonds. The van der Waals surface area contributed by atoms with Crippen molar-refractivity contribution in [2.75, 3.05) is 19.8 Å². The van der Waals surface area contributed by atoms with Crippen LogP contribution in [0.15, 0.2) is 30.3 Å². The zero-order chi connectivity index (χ0) is 13.3. The summed E-state index contributed by atoms with van der Waals surface area (Å²) in [5.41, 5.74) is 1.14. The first kappa shape index (κ1) is 13.1.